The maximum atomic E-state index is 11.5. The summed E-state index contributed by atoms with van der Waals surface area (Å²) in [6.07, 6.45) is 1.59. The zero-order valence-electron chi connectivity index (χ0n) is 15.2. The van der Waals surface area contributed by atoms with Gasteiger partial charge in [-0.25, -0.2) is 13.4 Å². The monoisotopic (exact) mass is 492 g/mol. The normalized spacial score (nSPS) is 11.7. The molecule has 1 aromatic carbocycles. The number of guanidine groups is 1. The van der Waals surface area contributed by atoms with Crippen molar-refractivity contribution in [2.24, 2.45) is 4.99 Å². The van der Waals surface area contributed by atoms with E-state index in [4.69, 9.17) is 4.42 Å². The second kappa shape index (κ2) is 10.5. The molecule has 0 bridgehead atoms. The molecule has 0 radical (unpaired) electrons. The molecule has 1 aromatic heterocycles. The summed E-state index contributed by atoms with van der Waals surface area (Å²) >= 11 is 0. The van der Waals surface area contributed by atoms with E-state index in [0.29, 0.717) is 24.9 Å². The number of halogens is 1. The molecule has 0 unspecified atom stereocenters. The van der Waals surface area contributed by atoms with Crippen molar-refractivity contribution in [1.29, 1.82) is 0 Å². The van der Waals surface area contributed by atoms with Gasteiger partial charge in [-0.05, 0) is 19.1 Å². The minimum Gasteiger partial charge on any atom is -0.444 e. The van der Waals surface area contributed by atoms with Crippen LogP contribution < -0.4 is 10.6 Å². The SMILES string of the molecule is CCS(=O)(=O)CCNC(=NC)NCc1coc(-c2ccc(C)cc2)n1.I. The van der Waals surface area contributed by atoms with Gasteiger partial charge in [-0.1, -0.05) is 24.6 Å². The molecule has 2 rings (SSSR count). The van der Waals surface area contributed by atoms with Gasteiger partial charge in [0.15, 0.2) is 15.8 Å². The lowest BCUT2D eigenvalue weighted by atomic mass is 10.1. The van der Waals surface area contributed by atoms with Crippen molar-refractivity contribution in [2.75, 3.05) is 25.1 Å². The molecule has 2 aromatic rings. The Morgan fingerprint density at radius 3 is 2.54 bits per heavy atom. The average molecular weight is 492 g/mol. The number of oxazole rings is 1. The van der Waals surface area contributed by atoms with Gasteiger partial charge in [-0.3, -0.25) is 4.99 Å². The molecule has 144 valence electrons. The molecule has 2 N–H and O–H groups in total. The number of hydrogen-bond acceptors (Lipinski definition) is 5. The van der Waals surface area contributed by atoms with Crippen molar-refractivity contribution in [3.63, 3.8) is 0 Å². The predicted molar refractivity (Wildman–Crippen MR) is 115 cm³/mol. The van der Waals surface area contributed by atoms with Gasteiger partial charge in [0.25, 0.3) is 0 Å². The Kier molecular flexibility index (Phi) is 9.06. The Morgan fingerprint density at radius 2 is 1.92 bits per heavy atom. The number of aliphatic imine (C=N–C) groups is 1. The molecule has 0 spiro atoms. The van der Waals surface area contributed by atoms with Crippen molar-refractivity contribution in [1.82, 2.24) is 15.6 Å². The molecule has 1 heterocycles. The third-order valence-electron chi connectivity index (χ3n) is 3.66. The second-order valence-corrected chi connectivity index (χ2v) is 8.07. The van der Waals surface area contributed by atoms with Crippen LogP contribution in [0, 0.1) is 6.92 Å². The number of sulfone groups is 1. The van der Waals surface area contributed by atoms with E-state index in [-0.39, 0.29) is 35.5 Å². The summed E-state index contributed by atoms with van der Waals surface area (Å²) in [7, 11) is -1.36. The van der Waals surface area contributed by atoms with Crippen LogP contribution in [0.5, 0.6) is 0 Å². The number of nitrogens with one attached hydrogen (secondary N) is 2. The third kappa shape index (κ3) is 6.94. The zero-order valence-corrected chi connectivity index (χ0v) is 18.3. The molecule has 7 nitrogen and oxygen atoms in total. The van der Waals surface area contributed by atoms with Crippen molar-refractivity contribution >= 4 is 39.8 Å². The Balaban J connectivity index is 0.00000338. The van der Waals surface area contributed by atoms with Gasteiger partial charge in [0, 0.05) is 24.9 Å². The largest absolute Gasteiger partial charge is 0.444 e. The highest BCUT2D eigenvalue weighted by molar-refractivity contribution is 14.0. The van der Waals surface area contributed by atoms with E-state index in [1.54, 1.807) is 20.2 Å². The van der Waals surface area contributed by atoms with Crippen molar-refractivity contribution < 1.29 is 12.8 Å². The topological polar surface area (TPSA) is 96.6 Å². The van der Waals surface area contributed by atoms with Gasteiger partial charge in [-0.15, -0.1) is 24.0 Å². The van der Waals surface area contributed by atoms with Gasteiger partial charge in [0.1, 0.15) is 6.26 Å². The molecule has 0 amide bonds. The van der Waals surface area contributed by atoms with E-state index >= 15 is 0 Å². The lowest BCUT2D eigenvalue weighted by molar-refractivity contribution is 0.572. The summed E-state index contributed by atoms with van der Waals surface area (Å²) in [5.74, 6) is 1.30. The molecular formula is C17H25IN4O3S. The van der Waals surface area contributed by atoms with Gasteiger partial charge in [0.05, 0.1) is 18.0 Å². The molecule has 0 saturated heterocycles. The van der Waals surface area contributed by atoms with Crippen LogP contribution >= 0.6 is 24.0 Å². The molecule has 26 heavy (non-hydrogen) atoms. The van der Waals surface area contributed by atoms with E-state index in [2.05, 4.69) is 20.6 Å². The lowest BCUT2D eigenvalue weighted by Gasteiger charge is -2.10. The molecule has 0 atom stereocenters. The first-order valence-electron chi connectivity index (χ1n) is 8.10. The number of aryl methyl sites for hydroxylation is 1. The van der Waals surface area contributed by atoms with E-state index in [1.807, 2.05) is 31.2 Å². The minimum absolute atomic E-state index is 0. The maximum absolute atomic E-state index is 11.5. The number of aromatic nitrogens is 1. The summed E-state index contributed by atoms with van der Waals surface area (Å²) in [4.78, 5) is 8.51. The molecule has 0 fully saturated rings. The highest BCUT2D eigenvalue weighted by Gasteiger charge is 2.09. The maximum Gasteiger partial charge on any atom is 0.226 e. The fourth-order valence-corrected chi connectivity index (χ4v) is 2.78. The van der Waals surface area contributed by atoms with Crippen LogP contribution in [-0.2, 0) is 16.4 Å². The predicted octanol–water partition coefficient (Wildman–Crippen LogP) is 2.37. The minimum atomic E-state index is -2.99. The Bertz CT molecular complexity index is 817. The van der Waals surface area contributed by atoms with Gasteiger partial charge in [-0.2, -0.15) is 0 Å². The Labute approximate surface area is 171 Å². The van der Waals surface area contributed by atoms with E-state index in [9.17, 15) is 8.42 Å². The van der Waals surface area contributed by atoms with Crippen LogP contribution in [0.1, 0.15) is 18.2 Å². The fourth-order valence-electron chi connectivity index (χ4n) is 2.08. The van der Waals surface area contributed by atoms with Gasteiger partial charge in [0.2, 0.25) is 5.89 Å². The number of rotatable bonds is 7. The summed E-state index contributed by atoms with van der Waals surface area (Å²) < 4.78 is 28.5. The smallest absolute Gasteiger partial charge is 0.226 e. The zero-order chi connectivity index (χ0) is 18.3. The quantitative estimate of drug-likeness (QED) is 0.350. The fraction of sp³-hybridized carbons (Fsp3) is 0.412. The average Bonchev–Trinajstić information content (AvgIpc) is 3.07. The van der Waals surface area contributed by atoms with Crippen LogP contribution in [0.15, 0.2) is 39.9 Å². The van der Waals surface area contributed by atoms with Gasteiger partial charge >= 0.3 is 0 Å². The Hall–Kier alpha value is -1.62. The second-order valence-electron chi connectivity index (χ2n) is 5.60. The number of hydrogen-bond donors (Lipinski definition) is 2. The number of benzene rings is 1. The molecule has 9 heteroatoms. The van der Waals surface area contributed by atoms with Crippen LogP contribution in [0.4, 0.5) is 0 Å². The van der Waals surface area contributed by atoms with Gasteiger partial charge < -0.3 is 15.1 Å². The molecule has 0 aliphatic heterocycles. The van der Waals surface area contributed by atoms with Crippen molar-refractivity contribution in [2.45, 2.75) is 20.4 Å². The van der Waals surface area contributed by atoms with Crippen molar-refractivity contribution in [3.8, 4) is 11.5 Å². The van der Waals surface area contributed by atoms with E-state index < -0.39 is 9.84 Å². The summed E-state index contributed by atoms with van der Waals surface area (Å²) in [5.41, 5.74) is 2.83. The highest BCUT2D eigenvalue weighted by atomic mass is 127. The molecule has 0 saturated carbocycles. The number of nitrogens with zero attached hydrogens (tertiary/aromatic N) is 2. The van der Waals surface area contributed by atoms with E-state index in [0.717, 1.165) is 11.3 Å². The van der Waals surface area contributed by atoms with Crippen LogP contribution in [0.25, 0.3) is 11.5 Å². The molecule has 0 aliphatic carbocycles. The van der Waals surface area contributed by atoms with E-state index in [1.165, 1.54) is 5.56 Å². The Morgan fingerprint density at radius 1 is 1.23 bits per heavy atom. The van der Waals surface area contributed by atoms with Crippen molar-refractivity contribution in [3.05, 3.63) is 41.8 Å². The molecule has 0 aliphatic rings. The third-order valence-corrected chi connectivity index (χ3v) is 5.36. The van der Waals surface area contributed by atoms with Crippen LogP contribution in [0.2, 0.25) is 0 Å². The highest BCUT2D eigenvalue weighted by Crippen LogP contribution is 2.18. The molecular weight excluding hydrogens is 467 g/mol. The first-order valence-corrected chi connectivity index (χ1v) is 9.92. The van der Waals surface area contributed by atoms with Crippen LogP contribution in [-0.4, -0.2) is 44.5 Å². The lowest BCUT2D eigenvalue weighted by Crippen LogP contribution is -2.39. The standard InChI is InChI=1S/C17H24N4O3S.HI/c1-4-25(22,23)10-9-19-17(18-3)20-11-15-12-24-16(21-15)14-7-5-13(2)6-8-14;/h5-8,12H,4,9-11H2,1-3H3,(H2,18,19,20);1H. The summed E-state index contributed by atoms with van der Waals surface area (Å²) in [6, 6.07) is 7.95. The summed E-state index contributed by atoms with van der Waals surface area (Å²) in [6.45, 7) is 4.40. The first-order chi connectivity index (χ1) is 11.9. The summed E-state index contributed by atoms with van der Waals surface area (Å²) in [5, 5.41) is 6.06. The first kappa shape index (κ1) is 22.4. The van der Waals surface area contributed by atoms with Crippen LogP contribution in [0.3, 0.4) is 0 Å².